The molecule has 2 heterocycles. The highest BCUT2D eigenvalue weighted by atomic mass is 16.7. The first-order valence-corrected chi connectivity index (χ1v) is 6.82. The highest BCUT2D eigenvalue weighted by Gasteiger charge is 2.48. The molecule has 1 radical (unpaired) electrons. The van der Waals surface area contributed by atoms with Crippen LogP contribution in [-0.4, -0.2) is 104 Å². The number of hydrogen-bond acceptors (Lipinski definition) is 10. The molecule has 0 saturated carbocycles. The number of aliphatic hydroxyl groups excluding tert-OH is 7. The monoisotopic (exact) mass is 325 g/mol. The van der Waals surface area contributed by atoms with Gasteiger partial charge in [-0.15, -0.1) is 0 Å². The van der Waals surface area contributed by atoms with Crippen LogP contribution in [0.4, 0.5) is 0 Å². The average molecular weight is 325 g/mol. The summed E-state index contributed by atoms with van der Waals surface area (Å²) in [6.07, 6.45) is -12.6. The van der Waals surface area contributed by atoms with Gasteiger partial charge in [0.05, 0.1) is 13.2 Å². The first kappa shape index (κ1) is 17.9. The second-order valence-electron chi connectivity index (χ2n) is 5.27. The van der Waals surface area contributed by atoms with E-state index in [1.165, 1.54) is 0 Å². The van der Waals surface area contributed by atoms with Gasteiger partial charge in [0.2, 0.25) is 0 Å². The van der Waals surface area contributed by atoms with Crippen LogP contribution in [0.2, 0.25) is 0 Å². The van der Waals surface area contributed by atoms with Crippen LogP contribution in [0.15, 0.2) is 0 Å². The van der Waals surface area contributed by atoms with Gasteiger partial charge in [0, 0.05) is 0 Å². The molecule has 0 aromatic heterocycles. The minimum absolute atomic E-state index is 0.539. The van der Waals surface area contributed by atoms with E-state index in [9.17, 15) is 30.6 Å². The Kier molecular flexibility index (Phi) is 6.07. The first-order valence-electron chi connectivity index (χ1n) is 6.82. The van der Waals surface area contributed by atoms with Gasteiger partial charge in [0.1, 0.15) is 55.4 Å². The number of hydrogen-bond donors (Lipinski definition) is 7. The Bertz CT molecular complexity index is 351. The van der Waals surface area contributed by atoms with Crippen molar-refractivity contribution in [2.75, 3.05) is 13.2 Å². The van der Waals surface area contributed by atoms with Gasteiger partial charge < -0.3 is 50.0 Å². The topological polar surface area (TPSA) is 169 Å². The minimum atomic E-state index is -1.66. The van der Waals surface area contributed by atoms with Crippen LogP contribution in [-0.2, 0) is 14.2 Å². The summed E-state index contributed by atoms with van der Waals surface area (Å²) in [6.45, 7) is -0.227. The van der Waals surface area contributed by atoms with Crippen molar-refractivity contribution < 1.29 is 50.0 Å². The molecular formula is C12H21O10. The van der Waals surface area contributed by atoms with Crippen molar-refractivity contribution in [3.63, 3.8) is 0 Å². The van der Waals surface area contributed by atoms with E-state index in [1.807, 2.05) is 0 Å². The molecule has 10 nitrogen and oxygen atoms in total. The van der Waals surface area contributed by atoms with Crippen LogP contribution in [0, 0.1) is 6.61 Å². The molecule has 0 spiro atoms. The summed E-state index contributed by atoms with van der Waals surface area (Å²) in [6, 6.07) is 0. The van der Waals surface area contributed by atoms with Crippen LogP contribution in [0.1, 0.15) is 0 Å². The molecule has 0 bridgehead atoms. The highest BCUT2D eigenvalue weighted by molar-refractivity contribution is 4.95. The molecule has 22 heavy (non-hydrogen) atoms. The summed E-state index contributed by atoms with van der Waals surface area (Å²) in [5.41, 5.74) is 0. The lowest BCUT2D eigenvalue weighted by Gasteiger charge is -2.44. The van der Waals surface area contributed by atoms with Gasteiger partial charge in [0.25, 0.3) is 0 Å². The smallest absolute Gasteiger partial charge is 0.187 e. The summed E-state index contributed by atoms with van der Waals surface area (Å²) in [5, 5.41) is 66.9. The van der Waals surface area contributed by atoms with Gasteiger partial charge in [0.15, 0.2) is 6.29 Å². The summed E-state index contributed by atoms with van der Waals surface area (Å²) in [7, 11) is 0. The average Bonchev–Trinajstić information content (AvgIpc) is 2.52. The zero-order chi connectivity index (χ0) is 16.4. The molecule has 2 saturated heterocycles. The lowest BCUT2D eigenvalue weighted by molar-refractivity contribution is -0.333. The van der Waals surface area contributed by atoms with E-state index < -0.39 is 68.3 Å². The largest absolute Gasteiger partial charge is 0.394 e. The van der Waals surface area contributed by atoms with Crippen molar-refractivity contribution in [2.45, 2.75) is 55.1 Å². The quantitative estimate of drug-likeness (QED) is 0.267. The van der Waals surface area contributed by atoms with Crippen LogP contribution in [0.25, 0.3) is 0 Å². The summed E-state index contributed by atoms with van der Waals surface area (Å²) in [4.78, 5) is 0. The molecule has 2 rings (SSSR count). The molecule has 129 valence electrons. The van der Waals surface area contributed by atoms with Gasteiger partial charge in [-0.25, -0.2) is 0 Å². The maximum Gasteiger partial charge on any atom is 0.187 e. The van der Waals surface area contributed by atoms with Gasteiger partial charge in [-0.3, -0.25) is 0 Å². The molecule has 2 aliphatic rings. The van der Waals surface area contributed by atoms with Crippen molar-refractivity contribution in [2.24, 2.45) is 0 Å². The normalized spacial score (nSPS) is 50.0. The molecule has 10 heteroatoms. The third-order valence-corrected chi connectivity index (χ3v) is 3.77. The predicted molar refractivity (Wildman–Crippen MR) is 66.9 cm³/mol. The van der Waals surface area contributed by atoms with Gasteiger partial charge >= 0.3 is 0 Å². The van der Waals surface area contributed by atoms with Crippen molar-refractivity contribution in [1.82, 2.24) is 0 Å². The summed E-state index contributed by atoms with van der Waals surface area (Å²) < 4.78 is 15.4. The van der Waals surface area contributed by atoms with E-state index in [-0.39, 0.29) is 0 Å². The number of ether oxygens (including phenoxy) is 3. The van der Waals surface area contributed by atoms with E-state index in [1.54, 1.807) is 0 Å². The number of aliphatic hydroxyl groups is 7. The first-order chi connectivity index (χ1) is 10.4. The second kappa shape index (κ2) is 7.45. The fourth-order valence-electron chi connectivity index (χ4n) is 2.40. The zero-order valence-electron chi connectivity index (χ0n) is 11.5. The molecule has 0 unspecified atom stereocenters. The molecular weight excluding hydrogens is 304 g/mol. The van der Waals surface area contributed by atoms with Crippen molar-refractivity contribution in [3.8, 4) is 0 Å². The molecule has 7 N–H and O–H groups in total. The second-order valence-corrected chi connectivity index (χ2v) is 5.27. The van der Waals surface area contributed by atoms with Crippen LogP contribution >= 0.6 is 0 Å². The third-order valence-electron chi connectivity index (χ3n) is 3.77. The van der Waals surface area contributed by atoms with Crippen molar-refractivity contribution in [1.29, 1.82) is 0 Å². The standard InChI is InChI=1S/C12H21O10/c13-1-5-8(17)9(18)10(19)12(21-5)22-11-6(2-14)20-3-4(15)7(11)16/h3-19H,1-2H2/t4-,5+,6+,7+,8-,9-,10+,11-,12+/m0/s1. The third kappa shape index (κ3) is 3.41. The van der Waals surface area contributed by atoms with Crippen molar-refractivity contribution in [3.05, 3.63) is 6.61 Å². The summed E-state index contributed by atoms with van der Waals surface area (Å²) >= 11 is 0. The lowest BCUT2D eigenvalue weighted by Crippen LogP contribution is -2.62. The van der Waals surface area contributed by atoms with E-state index in [0.29, 0.717) is 0 Å². The Labute approximate surface area is 126 Å². The van der Waals surface area contributed by atoms with Crippen LogP contribution in [0.3, 0.4) is 0 Å². The Morgan fingerprint density at radius 2 is 1.45 bits per heavy atom. The van der Waals surface area contributed by atoms with E-state index >= 15 is 0 Å². The van der Waals surface area contributed by atoms with Gasteiger partial charge in [-0.2, -0.15) is 0 Å². The molecule has 2 aliphatic heterocycles. The van der Waals surface area contributed by atoms with E-state index in [0.717, 1.165) is 6.61 Å². The highest BCUT2D eigenvalue weighted by Crippen LogP contribution is 2.27. The minimum Gasteiger partial charge on any atom is -0.394 e. The van der Waals surface area contributed by atoms with E-state index in [4.69, 9.17) is 19.3 Å². The Hall–Kier alpha value is -0.400. The zero-order valence-corrected chi connectivity index (χ0v) is 11.5. The Balaban J connectivity index is 2.09. The fraction of sp³-hybridized carbons (Fsp3) is 0.917. The molecule has 2 fully saturated rings. The molecule has 9 atom stereocenters. The number of rotatable bonds is 4. The maximum atomic E-state index is 9.90. The predicted octanol–water partition coefficient (Wildman–Crippen LogP) is -4.55. The van der Waals surface area contributed by atoms with Gasteiger partial charge in [-0.1, -0.05) is 0 Å². The van der Waals surface area contributed by atoms with Gasteiger partial charge in [-0.05, 0) is 0 Å². The van der Waals surface area contributed by atoms with Crippen molar-refractivity contribution >= 4 is 0 Å². The Morgan fingerprint density at radius 1 is 0.818 bits per heavy atom. The fourth-order valence-corrected chi connectivity index (χ4v) is 2.40. The molecule has 0 aromatic rings. The molecule has 0 aromatic carbocycles. The van der Waals surface area contributed by atoms with Crippen LogP contribution in [0.5, 0.6) is 0 Å². The Morgan fingerprint density at radius 3 is 2.05 bits per heavy atom. The molecule has 0 amide bonds. The summed E-state index contributed by atoms with van der Waals surface area (Å²) in [5.74, 6) is 0. The van der Waals surface area contributed by atoms with E-state index in [2.05, 4.69) is 0 Å². The van der Waals surface area contributed by atoms with Crippen LogP contribution < -0.4 is 0 Å². The lowest BCUT2D eigenvalue weighted by atomic mass is 9.97. The maximum absolute atomic E-state index is 9.90. The molecule has 0 aliphatic carbocycles. The SMILES string of the molecule is OC[C@H]1O[C@H](O[C@@H]2[C@H](O)[C@@H](O)[CH]O[C@@H]2CO)[C@H](O)[C@@H](O)[C@H]1O.